The Morgan fingerprint density at radius 3 is 2.14 bits per heavy atom. The molecule has 7 heavy (non-hydrogen) atoms. The Labute approximate surface area is 45.1 Å². The molecule has 1 N–H and O–H groups in total. The van der Waals surface area contributed by atoms with Crippen molar-refractivity contribution in [2.24, 2.45) is 0 Å². The third-order valence-corrected chi connectivity index (χ3v) is 1.31. The van der Waals surface area contributed by atoms with Gasteiger partial charge < -0.3 is 5.32 Å². The van der Waals surface area contributed by atoms with Gasteiger partial charge in [-0.15, -0.1) is 6.92 Å². The molecule has 1 rings (SSSR count). The predicted molar refractivity (Wildman–Crippen MR) is 30.7 cm³/mol. The van der Waals surface area contributed by atoms with Gasteiger partial charge in [-0.1, -0.05) is 5.92 Å². The first-order chi connectivity index (χ1) is 3.39. The molecule has 40 valence electrons. The van der Waals surface area contributed by atoms with Crippen LogP contribution in [0.3, 0.4) is 0 Å². The summed E-state index contributed by atoms with van der Waals surface area (Å²) in [5.41, 5.74) is 0. The molecule has 1 nitrogen and oxygen atoms in total. The van der Waals surface area contributed by atoms with Crippen LogP contribution in [0.15, 0.2) is 0 Å². The largest absolute Gasteiger partial charge is 0.309 e. The van der Waals surface area contributed by atoms with Gasteiger partial charge in [-0.05, 0) is 0 Å². The van der Waals surface area contributed by atoms with E-state index in [0.29, 0.717) is 0 Å². The lowest BCUT2D eigenvalue weighted by molar-refractivity contribution is 0.569. The molecule has 0 aromatic rings. The van der Waals surface area contributed by atoms with E-state index in [1.54, 1.807) is 0 Å². The minimum Gasteiger partial charge on any atom is -0.309 e. The van der Waals surface area contributed by atoms with Gasteiger partial charge in [0.05, 0.1) is 12.8 Å². The smallest absolute Gasteiger partial charge is 0.0718 e. The first-order valence-corrected chi connectivity index (χ1v) is 2.77. The van der Waals surface area contributed by atoms with Gasteiger partial charge in [0.2, 0.25) is 0 Å². The molecular formula is C6H11N. The summed E-state index contributed by atoms with van der Waals surface area (Å²) in [4.78, 5) is 0. The van der Waals surface area contributed by atoms with E-state index < -0.39 is 0 Å². The summed E-state index contributed by atoms with van der Waals surface area (Å²) in [7, 11) is 0. The maximum atomic E-state index is 3.87. The number of hydrogen-bond acceptors (Lipinski definition) is 1. The molecule has 0 atom stereocenters. The standard InChI is InChI=1S/C6H11N/c1-6-2-4-7-5-3-6/h7H,1-5H2. The van der Waals surface area contributed by atoms with Crippen LogP contribution in [0.2, 0.25) is 0 Å². The highest BCUT2D eigenvalue weighted by molar-refractivity contribution is 4.96. The van der Waals surface area contributed by atoms with Crippen LogP contribution in [0.5, 0.6) is 0 Å². The predicted octanol–water partition coefficient (Wildman–Crippen LogP) is 0.778. The minimum absolute atomic E-state index is 1.14. The zero-order valence-corrected chi connectivity index (χ0v) is 4.54. The molecule has 0 aromatic carbocycles. The van der Waals surface area contributed by atoms with Crippen LogP contribution in [0.4, 0.5) is 0 Å². The fourth-order valence-electron chi connectivity index (χ4n) is 0.780. The Bertz CT molecular complexity index is 46.1. The highest BCUT2D eigenvalue weighted by Crippen LogP contribution is 2.10. The van der Waals surface area contributed by atoms with E-state index in [0.717, 1.165) is 13.1 Å². The molecule has 0 radical (unpaired) electrons. The van der Waals surface area contributed by atoms with E-state index in [1.807, 2.05) is 0 Å². The average Bonchev–Trinajstić information content (AvgIpc) is 1.69. The van der Waals surface area contributed by atoms with Crippen LogP contribution in [-0.4, -0.2) is 13.1 Å². The van der Waals surface area contributed by atoms with Crippen molar-refractivity contribution in [2.45, 2.75) is 12.8 Å². The third-order valence-electron chi connectivity index (χ3n) is 1.31. The second-order valence-corrected chi connectivity index (χ2v) is 2.00. The first-order valence-electron chi connectivity index (χ1n) is 2.77. The first kappa shape index (κ1) is 4.98. The van der Waals surface area contributed by atoms with Crippen molar-refractivity contribution in [3.63, 3.8) is 0 Å². The monoisotopic (exact) mass is 97.1 g/mol. The molecule has 0 saturated carbocycles. The minimum atomic E-state index is 1.14. The number of piperidine rings is 1. The molecule has 1 heteroatoms. The second kappa shape index (κ2) is 2.22. The Balaban J connectivity index is 2.12. The molecule has 1 heterocycles. The maximum Gasteiger partial charge on any atom is 0.0718 e. The normalized spacial score (nSPS) is 22.7. The summed E-state index contributed by atoms with van der Waals surface area (Å²) in [5, 5.41) is 3.25. The van der Waals surface area contributed by atoms with Gasteiger partial charge in [0, 0.05) is 13.1 Å². The van der Waals surface area contributed by atoms with Crippen LogP contribution >= 0.6 is 0 Å². The van der Waals surface area contributed by atoms with E-state index in [2.05, 4.69) is 12.2 Å². The number of hydrogen-bond donors (Lipinski definition) is 1. The molecular weight excluding hydrogens is 86.1 g/mol. The van der Waals surface area contributed by atoms with Gasteiger partial charge in [-0.3, -0.25) is 0 Å². The fourth-order valence-corrected chi connectivity index (χ4v) is 0.780. The highest BCUT2D eigenvalue weighted by Gasteiger charge is 2.08. The lowest BCUT2D eigenvalue weighted by atomic mass is 10.0. The van der Waals surface area contributed by atoms with E-state index in [-0.39, 0.29) is 0 Å². The molecule has 0 bridgehead atoms. The van der Waals surface area contributed by atoms with Gasteiger partial charge in [-0.25, -0.2) is 0 Å². The molecule has 1 saturated heterocycles. The van der Waals surface area contributed by atoms with E-state index in [9.17, 15) is 0 Å². The highest BCUT2D eigenvalue weighted by atomic mass is 14.9. The van der Waals surface area contributed by atoms with Crippen molar-refractivity contribution in [1.29, 1.82) is 0 Å². The molecule has 1 aliphatic heterocycles. The molecule has 0 aliphatic carbocycles. The lowest BCUT2D eigenvalue weighted by Gasteiger charge is -2.13. The Morgan fingerprint density at radius 1 is 1.29 bits per heavy atom. The summed E-state index contributed by atoms with van der Waals surface area (Å²) < 4.78 is 0. The van der Waals surface area contributed by atoms with Gasteiger partial charge in [0.15, 0.2) is 0 Å². The Kier molecular flexibility index (Phi) is 1.58. The van der Waals surface area contributed by atoms with Crippen LogP contribution < -0.4 is 5.32 Å². The van der Waals surface area contributed by atoms with Gasteiger partial charge in [-0.2, -0.15) is 0 Å². The average molecular weight is 97.2 g/mol. The molecule has 0 aromatic heterocycles. The zero-order chi connectivity index (χ0) is 5.11. The lowest BCUT2D eigenvalue weighted by Crippen LogP contribution is -2.25. The summed E-state index contributed by atoms with van der Waals surface area (Å²) in [5.74, 6) is 1.40. The summed E-state index contributed by atoms with van der Waals surface area (Å²) >= 11 is 0. The third kappa shape index (κ3) is 1.39. The SMILES string of the molecule is [CH2-][C+]1CCNCC1. The summed E-state index contributed by atoms with van der Waals surface area (Å²) in [6.45, 7) is 6.15. The van der Waals surface area contributed by atoms with Crippen molar-refractivity contribution >= 4 is 0 Å². The Hall–Kier alpha value is -0.170. The maximum absolute atomic E-state index is 3.87. The summed E-state index contributed by atoms with van der Waals surface area (Å²) in [6, 6.07) is 0. The van der Waals surface area contributed by atoms with E-state index in [1.165, 1.54) is 18.8 Å². The van der Waals surface area contributed by atoms with Crippen LogP contribution in [0.1, 0.15) is 12.8 Å². The van der Waals surface area contributed by atoms with Crippen molar-refractivity contribution in [1.82, 2.24) is 5.32 Å². The zero-order valence-electron chi connectivity index (χ0n) is 4.54. The summed E-state index contributed by atoms with van der Waals surface area (Å²) in [6.07, 6.45) is 2.36. The van der Waals surface area contributed by atoms with E-state index >= 15 is 0 Å². The second-order valence-electron chi connectivity index (χ2n) is 2.00. The molecule has 0 spiro atoms. The number of nitrogens with one attached hydrogen (secondary N) is 1. The quantitative estimate of drug-likeness (QED) is 0.440. The van der Waals surface area contributed by atoms with Gasteiger partial charge in [0.25, 0.3) is 0 Å². The molecule has 1 fully saturated rings. The van der Waals surface area contributed by atoms with Crippen LogP contribution in [0, 0.1) is 12.8 Å². The fraction of sp³-hybridized carbons (Fsp3) is 0.667. The Morgan fingerprint density at radius 2 is 1.86 bits per heavy atom. The van der Waals surface area contributed by atoms with Gasteiger partial charge in [0.1, 0.15) is 0 Å². The van der Waals surface area contributed by atoms with Crippen molar-refractivity contribution in [3.05, 3.63) is 12.8 Å². The van der Waals surface area contributed by atoms with Crippen molar-refractivity contribution in [3.8, 4) is 0 Å². The van der Waals surface area contributed by atoms with Gasteiger partial charge >= 0.3 is 0 Å². The van der Waals surface area contributed by atoms with Crippen molar-refractivity contribution < 1.29 is 0 Å². The van der Waals surface area contributed by atoms with E-state index in [4.69, 9.17) is 0 Å². The molecule has 0 unspecified atom stereocenters. The topological polar surface area (TPSA) is 12.0 Å². The van der Waals surface area contributed by atoms with Crippen LogP contribution in [0.25, 0.3) is 0 Å². The number of rotatable bonds is 0. The van der Waals surface area contributed by atoms with Crippen LogP contribution in [-0.2, 0) is 0 Å². The molecule has 0 amide bonds. The van der Waals surface area contributed by atoms with Crippen molar-refractivity contribution in [2.75, 3.05) is 13.1 Å². The molecule has 1 aliphatic rings.